The van der Waals surface area contributed by atoms with Crippen LogP contribution < -0.4 is 10.1 Å². The van der Waals surface area contributed by atoms with Crippen LogP contribution in [0.4, 0.5) is 0 Å². The van der Waals surface area contributed by atoms with Gasteiger partial charge in [-0.25, -0.2) is 0 Å². The number of benzene rings is 1. The minimum Gasteiger partial charge on any atom is -0.488 e. The zero-order valence-corrected chi connectivity index (χ0v) is 20.5. The molecule has 4 heterocycles. The summed E-state index contributed by atoms with van der Waals surface area (Å²) in [7, 11) is 0. The highest BCUT2D eigenvalue weighted by Crippen LogP contribution is 2.49. The second-order valence-electron chi connectivity index (χ2n) is 10.6. The molecule has 0 bridgehead atoms. The summed E-state index contributed by atoms with van der Waals surface area (Å²) in [5.41, 5.74) is 3.41. The maximum absolute atomic E-state index is 6.39. The molecule has 2 saturated heterocycles. The van der Waals surface area contributed by atoms with Crippen LogP contribution in [0.5, 0.6) is 5.75 Å². The lowest BCUT2D eigenvalue weighted by Gasteiger charge is -2.46. The smallest absolute Gasteiger partial charge is 0.134 e. The molecule has 2 atom stereocenters. The first-order chi connectivity index (χ1) is 17.2. The van der Waals surface area contributed by atoms with Crippen molar-refractivity contribution in [1.82, 2.24) is 10.3 Å². The van der Waals surface area contributed by atoms with Crippen LogP contribution >= 0.6 is 0 Å². The first-order valence-electron chi connectivity index (χ1n) is 13.2. The van der Waals surface area contributed by atoms with Gasteiger partial charge in [-0.2, -0.15) is 0 Å². The van der Waals surface area contributed by atoms with Gasteiger partial charge in [0.1, 0.15) is 17.4 Å². The van der Waals surface area contributed by atoms with Crippen molar-refractivity contribution in [2.24, 2.45) is 0 Å². The normalized spacial score (nSPS) is 26.0. The fraction of sp³-hybridized carbons (Fsp3) is 0.552. The number of nitrogens with zero attached hydrogens (tertiary/aromatic N) is 1. The molecule has 1 saturated carbocycles. The lowest BCUT2D eigenvalue weighted by molar-refractivity contribution is -0.104. The Morgan fingerprint density at radius 3 is 2.86 bits per heavy atom. The molecule has 1 spiro atoms. The van der Waals surface area contributed by atoms with E-state index in [1.165, 1.54) is 36.9 Å². The van der Waals surface area contributed by atoms with E-state index in [9.17, 15) is 0 Å². The van der Waals surface area contributed by atoms with Gasteiger partial charge in [0.2, 0.25) is 0 Å². The quantitative estimate of drug-likeness (QED) is 0.431. The van der Waals surface area contributed by atoms with E-state index in [2.05, 4.69) is 23.5 Å². The molecule has 6 nitrogen and oxygen atoms in total. The molecule has 35 heavy (non-hydrogen) atoms. The summed E-state index contributed by atoms with van der Waals surface area (Å²) in [6.45, 7) is 3.97. The predicted molar refractivity (Wildman–Crippen MR) is 135 cm³/mol. The number of pyridine rings is 1. The minimum absolute atomic E-state index is 0.0529. The largest absolute Gasteiger partial charge is 0.488 e. The van der Waals surface area contributed by atoms with Gasteiger partial charge in [-0.05, 0) is 69.0 Å². The van der Waals surface area contributed by atoms with Gasteiger partial charge in [0.25, 0.3) is 0 Å². The van der Waals surface area contributed by atoms with Crippen LogP contribution in [0.1, 0.15) is 62.6 Å². The van der Waals surface area contributed by atoms with Crippen LogP contribution in [0.25, 0.3) is 11.0 Å². The zero-order chi connectivity index (χ0) is 23.6. The fourth-order valence-corrected chi connectivity index (χ4v) is 6.42. The molecule has 2 aromatic heterocycles. The maximum Gasteiger partial charge on any atom is 0.134 e. The molecule has 1 unspecified atom stereocenters. The van der Waals surface area contributed by atoms with Crippen molar-refractivity contribution in [3.63, 3.8) is 0 Å². The second-order valence-corrected chi connectivity index (χ2v) is 10.6. The number of nitrogens with one attached hydrogen (secondary N) is 1. The average Bonchev–Trinajstić information content (AvgIpc) is 3.65. The van der Waals surface area contributed by atoms with Crippen LogP contribution in [-0.2, 0) is 21.4 Å². The molecular formula is C29H36N2O4. The van der Waals surface area contributed by atoms with Crippen LogP contribution in [0, 0.1) is 0 Å². The summed E-state index contributed by atoms with van der Waals surface area (Å²) >= 11 is 0. The van der Waals surface area contributed by atoms with E-state index < -0.39 is 0 Å². The molecule has 2 aliphatic heterocycles. The lowest BCUT2D eigenvalue weighted by Crippen LogP contribution is -2.47. The lowest BCUT2D eigenvalue weighted by atomic mass is 9.68. The molecule has 186 valence electrons. The van der Waals surface area contributed by atoms with E-state index in [1.807, 2.05) is 30.7 Å². The molecule has 3 aliphatic rings. The minimum atomic E-state index is 0.0529. The van der Waals surface area contributed by atoms with Crippen molar-refractivity contribution >= 4 is 11.0 Å². The van der Waals surface area contributed by atoms with Gasteiger partial charge in [0.15, 0.2) is 0 Å². The van der Waals surface area contributed by atoms with E-state index in [4.69, 9.17) is 23.6 Å². The number of ether oxygens (including phenoxy) is 3. The Labute approximate surface area is 207 Å². The summed E-state index contributed by atoms with van der Waals surface area (Å²) in [5.74, 6) is 0.883. The number of aromatic nitrogens is 1. The van der Waals surface area contributed by atoms with Crippen LogP contribution in [0.15, 0.2) is 53.3 Å². The van der Waals surface area contributed by atoms with Gasteiger partial charge >= 0.3 is 0 Å². The van der Waals surface area contributed by atoms with Gasteiger partial charge in [-0.3, -0.25) is 4.98 Å². The van der Waals surface area contributed by atoms with Crippen molar-refractivity contribution in [3.8, 4) is 5.75 Å². The zero-order valence-electron chi connectivity index (χ0n) is 20.5. The molecule has 1 N–H and O–H groups in total. The Morgan fingerprint density at radius 2 is 2.03 bits per heavy atom. The monoisotopic (exact) mass is 476 g/mol. The third kappa shape index (κ3) is 4.84. The molecule has 1 aromatic carbocycles. The molecule has 0 amide bonds. The highest BCUT2D eigenvalue weighted by Gasteiger charge is 2.48. The number of hydrogen-bond acceptors (Lipinski definition) is 6. The van der Waals surface area contributed by atoms with E-state index >= 15 is 0 Å². The van der Waals surface area contributed by atoms with Gasteiger partial charge < -0.3 is 23.9 Å². The van der Waals surface area contributed by atoms with Gasteiger partial charge in [0.05, 0.1) is 25.1 Å². The van der Waals surface area contributed by atoms with Crippen LogP contribution in [-0.4, -0.2) is 43.1 Å². The fourth-order valence-electron chi connectivity index (χ4n) is 6.42. The van der Waals surface area contributed by atoms with Gasteiger partial charge in [-0.15, -0.1) is 0 Å². The Morgan fingerprint density at radius 1 is 1.09 bits per heavy atom. The first-order valence-corrected chi connectivity index (χ1v) is 13.2. The Balaban J connectivity index is 1.13. The SMILES string of the molecule is c1ccc([C@]2(CCNCc3coc4ccc(OC5CCOC5)cc34)CCOC3(CCCC3)C2)nc1. The molecule has 3 fully saturated rings. The van der Waals surface area contributed by atoms with Gasteiger partial charge in [-0.1, -0.05) is 18.9 Å². The van der Waals surface area contributed by atoms with E-state index in [1.54, 1.807) is 0 Å². The number of furan rings is 1. The predicted octanol–water partition coefficient (Wildman–Crippen LogP) is 5.54. The standard InChI is InChI=1S/C29H36N2O4/c1-4-13-31-27(5-1)28(12-16-34-29(21-28)9-2-3-10-29)11-14-30-18-22-19-33-26-7-6-23(17-25(22)26)35-24-8-15-32-20-24/h1,4-7,13,17,19,24,30H,2-3,8-12,14-16,18,20-21H2/t24?,28-/m1/s1. The Kier molecular flexibility index (Phi) is 6.52. The molecular weight excluding hydrogens is 440 g/mol. The summed E-state index contributed by atoms with van der Waals surface area (Å²) in [6.07, 6.45) is 13.0. The Hall–Kier alpha value is -2.41. The van der Waals surface area contributed by atoms with Crippen LogP contribution in [0.3, 0.4) is 0 Å². The number of fused-ring (bicyclic) bond motifs is 1. The molecule has 3 aromatic rings. The molecule has 0 radical (unpaired) electrons. The molecule has 6 rings (SSSR count). The third-order valence-corrected chi connectivity index (χ3v) is 8.28. The van der Waals surface area contributed by atoms with Crippen molar-refractivity contribution < 1.29 is 18.6 Å². The van der Waals surface area contributed by atoms with Gasteiger partial charge in [0, 0.05) is 47.8 Å². The number of rotatable bonds is 8. The summed E-state index contributed by atoms with van der Waals surface area (Å²) in [4.78, 5) is 4.83. The molecule has 6 heteroatoms. The Bertz CT molecular complexity index is 1120. The third-order valence-electron chi connectivity index (χ3n) is 8.28. The summed E-state index contributed by atoms with van der Waals surface area (Å²) in [6, 6.07) is 12.5. The average molecular weight is 477 g/mol. The summed E-state index contributed by atoms with van der Waals surface area (Å²) in [5, 5.41) is 4.82. The van der Waals surface area contributed by atoms with Crippen molar-refractivity contribution in [2.45, 2.75) is 75.0 Å². The van der Waals surface area contributed by atoms with Crippen molar-refractivity contribution in [3.05, 3.63) is 60.1 Å². The van der Waals surface area contributed by atoms with E-state index in [0.717, 1.165) is 68.7 Å². The highest BCUT2D eigenvalue weighted by atomic mass is 16.5. The van der Waals surface area contributed by atoms with Crippen molar-refractivity contribution in [2.75, 3.05) is 26.4 Å². The second kappa shape index (κ2) is 9.92. The first kappa shape index (κ1) is 23.0. The van der Waals surface area contributed by atoms with E-state index in [0.29, 0.717) is 6.61 Å². The maximum atomic E-state index is 6.39. The highest BCUT2D eigenvalue weighted by molar-refractivity contribution is 5.82. The van der Waals surface area contributed by atoms with Crippen molar-refractivity contribution in [1.29, 1.82) is 0 Å². The van der Waals surface area contributed by atoms with E-state index in [-0.39, 0.29) is 17.1 Å². The topological polar surface area (TPSA) is 65.8 Å². The summed E-state index contributed by atoms with van der Waals surface area (Å²) < 4.78 is 23.8. The number of hydrogen-bond donors (Lipinski definition) is 1. The van der Waals surface area contributed by atoms with Crippen LogP contribution in [0.2, 0.25) is 0 Å². The molecule has 1 aliphatic carbocycles.